The first-order chi connectivity index (χ1) is 19.7. The highest BCUT2D eigenvalue weighted by Gasteiger charge is 2.28. The van der Waals surface area contributed by atoms with E-state index < -0.39 is 27.7 Å². The van der Waals surface area contributed by atoms with Crippen molar-refractivity contribution < 1.29 is 31.5 Å². The Labute approximate surface area is 245 Å². The third-order valence-electron chi connectivity index (χ3n) is 6.83. The molecule has 2 aliphatic heterocycles. The van der Waals surface area contributed by atoms with Crippen LogP contribution >= 0.6 is 15.9 Å². The molecule has 0 bridgehead atoms. The molecular weight excluding hydrogens is 620 g/mol. The summed E-state index contributed by atoms with van der Waals surface area (Å²) >= 11 is 3.41. The summed E-state index contributed by atoms with van der Waals surface area (Å²) in [6.45, 7) is 1.91. The van der Waals surface area contributed by atoms with Crippen molar-refractivity contribution >= 4 is 43.7 Å². The molecule has 41 heavy (non-hydrogen) atoms. The third kappa shape index (κ3) is 7.13. The van der Waals surface area contributed by atoms with Gasteiger partial charge in [0.1, 0.15) is 5.75 Å². The number of likely N-dealkylation sites (tertiary alicyclic amines) is 1. The number of amides is 2. The number of carbonyl (C=O) groups excluding carboxylic acids is 1. The molecule has 1 N–H and O–H groups in total. The molecule has 0 aromatic heterocycles. The minimum absolute atomic E-state index is 0.0340. The maximum Gasteiger partial charge on any atom is 0.321 e. The van der Waals surface area contributed by atoms with E-state index in [2.05, 4.69) is 21.2 Å². The lowest BCUT2D eigenvalue weighted by Gasteiger charge is -2.29. The number of nitrogens with zero attached hydrogens (tertiary/aromatic N) is 2. The van der Waals surface area contributed by atoms with Gasteiger partial charge in [0.25, 0.3) is 0 Å². The summed E-state index contributed by atoms with van der Waals surface area (Å²) < 4.78 is 67.0. The minimum Gasteiger partial charge on any atom is -0.455 e. The van der Waals surface area contributed by atoms with E-state index in [0.29, 0.717) is 50.5 Å². The van der Waals surface area contributed by atoms with Crippen molar-refractivity contribution in [3.8, 4) is 11.5 Å². The first-order valence-electron chi connectivity index (χ1n) is 13.0. The molecule has 3 aromatic rings. The standard InChI is InChI=1S/C29H28BrF2N3O5S/c30-22-2-1-3-23(18-22)40-28-7-5-24(41(37,38)35-12-14-39-15-13-35)19-27(28)33-29(36)34-10-8-20(9-11-34)16-21-4-6-25(31)26(32)17-21/h1-7,16-19H,8-15H2,(H,33,36). The van der Waals surface area contributed by atoms with Gasteiger partial charge in [-0.3, -0.25) is 0 Å². The van der Waals surface area contributed by atoms with Crippen molar-refractivity contribution in [3.63, 3.8) is 0 Å². The van der Waals surface area contributed by atoms with Gasteiger partial charge in [0.15, 0.2) is 17.4 Å². The summed E-state index contributed by atoms with van der Waals surface area (Å²) in [5.41, 5.74) is 1.79. The molecule has 2 amide bonds. The molecule has 3 aromatic carbocycles. The van der Waals surface area contributed by atoms with E-state index in [9.17, 15) is 22.0 Å². The lowest BCUT2D eigenvalue weighted by molar-refractivity contribution is 0.0730. The second-order valence-electron chi connectivity index (χ2n) is 9.63. The predicted octanol–water partition coefficient (Wildman–Crippen LogP) is 6.25. The van der Waals surface area contributed by atoms with Crippen LogP contribution < -0.4 is 10.1 Å². The predicted molar refractivity (Wildman–Crippen MR) is 154 cm³/mol. The van der Waals surface area contributed by atoms with E-state index in [0.717, 1.165) is 22.2 Å². The highest BCUT2D eigenvalue weighted by molar-refractivity contribution is 9.10. The molecule has 216 valence electrons. The van der Waals surface area contributed by atoms with Gasteiger partial charge in [-0.1, -0.05) is 39.7 Å². The second kappa shape index (κ2) is 12.7. The van der Waals surface area contributed by atoms with Gasteiger partial charge in [-0.05, 0) is 66.9 Å². The number of hydrogen-bond donors (Lipinski definition) is 1. The average molecular weight is 649 g/mol. The highest BCUT2D eigenvalue weighted by atomic mass is 79.9. The van der Waals surface area contributed by atoms with Crippen LogP contribution in [0, 0.1) is 11.6 Å². The summed E-state index contributed by atoms with van der Waals surface area (Å²) in [4.78, 5) is 15.0. The van der Waals surface area contributed by atoms with Crippen LogP contribution in [0.4, 0.5) is 19.3 Å². The molecule has 2 saturated heterocycles. The van der Waals surface area contributed by atoms with E-state index in [-0.39, 0.29) is 29.4 Å². The van der Waals surface area contributed by atoms with Gasteiger partial charge in [0, 0.05) is 30.7 Å². The summed E-state index contributed by atoms with van der Waals surface area (Å²) in [5, 5.41) is 2.84. The SMILES string of the molecule is O=C(Nc1cc(S(=O)(=O)N2CCOCC2)ccc1Oc1cccc(Br)c1)N1CCC(=Cc2ccc(F)c(F)c2)CC1. The number of urea groups is 1. The van der Waals surface area contributed by atoms with E-state index in [1.807, 2.05) is 12.1 Å². The fraction of sp³-hybridized carbons (Fsp3) is 0.276. The Morgan fingerprint density at radius 2 is 1.71 bits per heavy atom. The Morgan fingerprint density at radius 3 is 2.41 bits per heavy atom. The highest BCUT2D eigenvalue weighted by Crippen LogP contribution is 2.34. The third-order valence-corrected chi connectivity index (χ3v) is 9.22. The Kier molecular flexibility index (Phi) is 9.03. The van der Waals surface area contributed by atoms with Crippen molar-refractivity contribution in [2.24, 2.45) is 0 Å². The first kappa shape index (κ1) is 29.2. The molecule has 2 aliphatic rings. The largest absolute Gasteiger partial charge is 0.455 e. The quantitative estimate of drug-likeness (QED) is 0.342. The normalized spacial score (nSPS) is 16.4. The van der Waals surface area contributed by atoms with Gasteiger partial charge in [-0.15, -0.1) is 0 Å². The summed E-state index contributed by atoms with van der Waals surface area (Å²) in [7, 11) is -3.82. The molecule has 8 nitrogen and oxygen atoms in total. The van der Waals surface area contributed by atoms with Gasteiger partial charge in [0.05, 0.1) is 23.8 Å². The minimum atomic E-state index is -3.82. The van der Waals surface area contributed by atoms with E-state index >= 15 is 0 Å². The number of morpholine rings is 1. The Bertz CT molecular complexity index is 1570. The summed E-state index contributed by atoms with van der Waals surface area (Å²) in [6.07, 6.45) is 2.92. The average Bonchev–Trinajstić information content (AvgIpc) is 2.97. The van der Waals surface area contributed by atoms with Gasteiger partial charge < -0.3 is 19.7 Å². The lowest BCUT2D eigenvalue weighted by atomic mass is 10.0. The first-order valence-corrected chi connectivity index (χ1v) is 15.3. The maximum absolute atomic E-state index is 13.6. The van der Waals surface area contributed by atoms with E-state index in [4.69, 9.17) is 9.47 Å². The molecule has 5 rings (SSSR count). The van der Waals surface area contributed by atoms with Crippen molar-refractivity contribution in [2.75, 3.05) is 44.7 Å². The molecule has 0 unspecified atom stereocenters. The maximum atomic E-state index is 13.6. The smallest absolute Gasteiger partial charge is 0.321 e. The van der Waals surface area contributed by atoms with Crippen LogP contribution in [-0.4, -0.2) is 63.0 Å². The van der Waals surface area contributed by atoms with Crippen molar-refractivity contribution in [1.29, 1.82) is 0 Å². The number of piperidine rings is 1. The molecule has 0 atom stereocenters. The topological polar surface area (TPSA) is 88.2 Å². The van der Waals surface area contributed by atoms with Crippen molar-refractivity contribution in [3.05, 3.63) is 87.9 Å². The molecule has 2 heterocycles. The van der Waals surface area contributed by atoms with Crippen molar-refractivity contribution in [1.82, 2.24) is 9.21 Å². The molecule has 12 heteroatoms. The number of sulfonamides is 1. The Hall–Kier alpha value is -3.32. The number of anilines is 1. The number of benzene rings is 3. The number of halogens is 3. The Morgan fingerprint density at radius 1 is 0.951 bits per heavy atom. The zero-order valence-corrected chi connectivity index (χ0v) is 24.4. The fourth-order valence-electron chi connectivity index (χ4n) is 4.62. The number of rotatable bonds is 6. The molecular formula is C29H28BrF2N3O5S. The zero-order chi connectivity index (χ0) is 29.0. The molecule has 2 fully saturated rings. The number of nitrogens with one attached hydrogen (secondary N) is 1. The van der Waals surface area contributed by atoms with Crippen LogP contribution in [0.1, 0.15) is 18.4 Å². The number of ether oxygens (including phenoxy) is 2. The fourth-order valence-corrected chi connectivity index (χ4v) is 6.44. The Balaban J connectivity index is 1.34. The summed E-state index contributed by atoms with van der Waals surface area (Å²) in [6, 6.07) is 14.9. The van der Waals surface area contributed by atoms with Gasteiger partial charge in [-0.25, -0.2) is 22.0 Å². The van der Waals surface area contributed by atoms with Crippen molar-refractivity contribution in [2.45, 2.75) is 17.7 Å². The van der Waals surface area contributed by atoms with Gasteiger partial charge >= 0.3 is 6.03 Å². The van der Waals surface area contributed by atoms with Gasteiger partial charge in [-0.2, -0.15) is 4.31 Å². The number of hydrogen-bond acceptors (Lipinski definition) is 5. The molecule has 0 spiro atoms. The van der Waals surface area contributed by atoms with Crippen LogP contribution in [0.15, 0.2) is 75.6 Å². The molecule has 0 radical (unpaired) electrons. The van der Waals surface area contributed by atoms with Crippen LogP contribution in [0.2, 0.25) is 0 Å². The zero-order valence-electron chi connectivity index (χ0n) is 22.0. The van der Waals surface area contributed by atoms with E-state index in [1.165, 1.54) is 28.6 Å². The molecule has 0 aliphatic carbocycles. The lowest BCUT2D eigenvalue weighted by Crippen LogP contribution is -2.40. The van der Waals surface area contributed by atoms with E-state index in [1.54, 1.807) is 23.1 Å². The second-order valence-corrected chi connectivity index (χ2v) is 12.5. The van der Waals surface area contributed by atoms with Crippen LogP contribution in [0.25, 0.3) is 6.08 Å². The van der Waals surface area contributed by atoms with Gasteiger partial charge in [0.2, 0.25) is 10.0 Å². The van der Waals surface area contributed by atoms with Crippen LogP contribution in [0.5, 0.6) is 11.5 Å². The van der Waals surface area contributed by atoms with Crippen LogP contribution in [-0.2, 0) is 14.8 Å². The van der Waals surface area contributed by atoms with Crippen LogP contribution in [0.3, 0.4) is 0 Å². The summed E-state index contributed by atoms with van der Waals surface area (Å²) in [5.74, 6) is -1.02. The monoisotopic (exact) mass is 647 g/mol. The molecule has 0 saturated carbocycles. The number of carbonyl (C=O) groups is 1.